The van der Waals surface area contributed by atoms with Gasteiger partial charge in [-0.15, -0.1) is 11.6 Å². The molecule has 0 radical (unpaired) electrons. The Kier molecular flexibility index (Phi) is 3.20. The lowest BCUT2D eigenvalue weighted by Gasteiger charge is -2.28. The summed E-state index contributed by atoms with van der Waals surface area (Å²) >= 11 is 6.05. The van der Waals surface area contributed by atoms with Crippen LogP contribution < -0.4 is 0 Å². The van der Waals surface area contributed by atoms with Crippen LogP contribution in [0.2, 0.25) is 0 Å². The standard InChI is InChI=1S/C13H16ClNO/c1-9(2)15-12(8-11(14)13(15)16)10-6-4-3-5-7-10/h3-7,9,11-12H,8H2,1-2H3/t11-,12-/m0/s1. The molecule has 16 heavy (non-hydrogen) atoms. The minimum atomic E-state index is -0.368. The third kappa shape index (κ3) is 1.94. The number of halogens is 1. The number of likely N-dealkylation sites (tertiary alicyclic amines) is 1. The van der Waals surface area contributed by atoms with E-state index >= 15 is 0 Å². The average Bonchev–Trinajstić information content (AvgIpc) is 2.57. The molecule has 2 rings (SSSR count). The van der Waals surface area contributed by atoms with E-state index < -0.39 is 0 Å². The van der Waals surface area contributed by atoms with E-state index in [1.54, 1.807) is 0 Å². The molecule has 0 saturated carbocycles. The Morgan fingerprint density at radius 3 is 2.50 bits per heavy atom. The summed E-state index contributed by atoms with van der Waals surface area (Å²) < 4.78 is 0. The number of benzene rings is 1. The summed E-state index contributed by atoms with van der Waals surface area (Å²) in [5, 5.41) is -0.368. The van der Waals surface area contributed by atoms with Gasteiger partial charge >= 0.3 is 0 Å². The summed E-state index contributed by atoms with van der Waals surface area (Å²) in [4.78, 5) is 13.8. The summed E-state index contributed by atoms with van der Waals surface area (Å²) in [6.45, 7) is 4.06. The first kappa shape index (κ1) is 11.5. The van der Waals surface area contributed by atoms with Crippen molar-refractivity contribution >= 4 is 17.5 Å². The molecule has 2 nitrogen and oxygen atoms in total. The minimum absolute atomic E-state index is 0.0607. The first-order valence-corrected chi connectivity index (χ1v) is 6.06. The molecule has 1 aliphatic heterocycles. The topological polar surface area (TPSA) is 20.3 Å². The van der Waals surface area contributed by atoms with Gasteiger partial charge in [0.15, 0.2) is 0 Å². The Balaban J connectivity index is 2.31. The maximum absolute atomic E-state index is 11.9. The van der Waals surface area contributed by atoms with Gasteiger partial charge < -0.3 is 4.90 Å². The van der Waals surface area contributed by atoms with Gasteiger partial charge in [-0.05, 0) is 25.8 Å². The van der Waals surface area contributed by atoms with Crippen molar-refractivity contribution < 1.29 is 4.79 Å². The van der Waals surface area contributed by atoms with Gasteiger partial charge in [0.05, 0.1) is 6.04 Å². The second-order valence-electron chi connectivity index (χ2n) is 4.47. The highest BCUT2D eigenvalue weighted by Gasteiger charge is 2.40. The van der Waals surface area contributed by atoms with Gasteiger partial charge in [0.25, 0.3) is 0 Å². The van der Waals surface area contributed by atoms with Crippen molar-refractivity contribution in [2.24, 2.45) is 0 Å². The monoisotopic (exact) mass is 237 g/mol. The number of carbonyl (C=O) groups is 1. The van der Waals surface area contributed by atoms with Gasteiger partial charge in [0.2, 0.25) is 5.91 Å². The van der Waals surface area contributed by atoms with Gasteiger partial charge in [-0.3, -0.25) is 4.79 Å². The maximum atomic E-state index is 11.9. The van der Waals surface area contributed by atoms with Gasteiger partial charge in [-0.25, -0.2) is 0 Å². The third-order valence-corrected chi connectivity index (χ3v) is 3.39. The summed E-state index contributed by atoms with van der Waals surface area (Å²) in [7, 11) is 0. The van der Waals surface area contributed by atoms with Crippen LogP contribution in [-0.2, 0) is 4.79 Å². The molecule has 86 valence electrons. The molecule has 0 bridgehead atoms. The Bertz CT molecular complexity index is 377. The van der Waals surface area contributed by atoms with Crippen LogP contribution in [0.3, 0.4) is 0 Å². The second kappa shape index (κ2) is 4.46. The molecule has 1 aromatic rings. The number of amides is 1. The molecule has 1 saturated heterocycles. The predicted octanol–water partition coefficient (Wildman–Crippen LogP) is 2.98. The summed E-state index contributed by atoms with van der Waals surface area (Å²) in [6, 6.07) is 10.4. The van der Waals surface area contributed by atoms with Gasteiger partial charge in [-0.1, -0.05) is 30.3 Å². The average molecular weight is 238 g/mol. The van der Waals surface area contributed by atoms with Crippen LogP contribution in [0.5, 0.6) is 0 Å². The van der Waals surface area contributed by atoms with Gasteiger partial charge in [-0.2, -0.15) is 0 Å². The van der Waals surface area contributed by atoms with Crippen LogP contribution in [0.15, 0.2) is 30.3 Å². The first-order chi connectivity index (χ1) is 7.61. The lowest BCUT2D eigenvalue weighted by Crippen LogP contribution is -2.35. The normalized spacial score (nSPS) is 25.5. The van der Waals surface area contributed by atoms with E-state index in [4.69, 9.17) is 11.6 Å². The zero-order valence-electron chi connectivity index (χ0n) is 9.56. The fourth-order valence-electron chi connectivity index (χ4n) is 2.31. The fourth-order valence-corrected chi connectivity index (χ4v) is 2.59. The zero-order valence-corrected chi connectivity index (χ0v) is 10.3. The number of hydrogen-bond donors (Lipinski definition) is 0. The Morgan fingerprint density at radius 1 is 1.31 bits per heavy atom. The lowest BCUT2D eigenvalue weighted by atomic mass is 10.0. The van der Waals surface area contributed by atoms with E-state index in [9.17, 15) is 4.79 Å². The van der Waals surface area contributed by atoms with Crippen molar-refractivity contribution in [3.63, 3.8) is 0 Å². The summed E-state index contributed by atoms with van der Waals surface area (Å²) in [5.41, 5.74) is 1.17. The van der Waals surface area contributed by atoms with Crippen LogP contribution >= 0.6 is 11.6 Å². The molecule has 1 aliphatic rings. The van der Waals surface area contributed by atoms with Crippen LogP contribution in [-0.4, -0.2) is 22.2 Å². The highest BCUT2D eigenvalue weighted by molar-refractivity contribution is 6.31. The second-order valence-corrected chi connectivity index (χ2v) is 5.00. The van der Waals surface area contributed by atoms with Crippen molar-refractivity contribution in [1.29, 1.82) is 0 Å². The largest absolute Gasteiger partial charge is 0.332 e. The molecule has 1 amide bonds. The first-order valence-electron chi connectivity index (χ1n) is 5.62. The van der Waals surface area contributed by atoms with E-state index in [1.807, 2.05) is 36.9 Å². The highest BCUT2D eigenvalue weighted by atomic mass is 35.5. The van der Waals surface area contributed by atoms with Crippen LogP contribution in [0.4, 0.5) is 0 Å². The number of carbonyl (C=O) groups excluding carboxylic acids is 1. The minimum Gasteiger partial charge on any atom is -0.332 e. The van der Waals surface area contributed by atoms with Crippen molar-refractivity contribution in [3.8, 4) is 0 Å². The Labute approximate surface area is 101 Å². The molecule has 0 N–H and O–H groups in total. The quantitative estimate of drug-likeness (QED) is 0.725. The van der Waals surface area contributed by atoms with Crippen molar-refractivity contribution in [1.82, 2.24) is 4.90 Å². The predicted molar refractivity (Wildman–Crippen MR) is 65.4 cm³/mol. The Morgan fingerprint density at radius 2 is 1.94 bits per heavy atom. The maximum Gasteiger partial charge on any atom is 0.241 e. The fraction of sp³-hybridized carbons (Fsp3) is 0.462. The number of hydrogen-bond acceptors (Lipinski definition) is 1. The molecule has 0 spiro atoms. The van der Waals surface area contributed by atoms with E-state index in [-0.39, 0.29) is 23.4 Å². The lowest BCUT2D eigenvalue weighted by molar-refractivity contribution is -0.130. The number of alkyl halides is 1. The third-order valence-electron chi connectivity index (χ3n) is 3.03. The van der Waals surface area contributed by atoms with Gasteiger partial charge in [0.1, 0.15) is 5.38 Å². The highest BCUT2D eigenvalue weighted by Crippen LogP contribution is 2.36. The number of rotatable bonds is 2. The SMILES string of the molecule is CC(C)N1C(=O)[C@@H](Cl)C[C@H]1c1ccccc1. The summed E-state index contributed by atoms with van der Waals surface area (Å²) in [5.74, 6) is 0.0607. The zero-order chi connectivity index (χ0) is 11.7. The van der Waals surface area contributed by atoms with Crippen LogP contribution in [0, 0.1) is 0 Å². The Hall–Kier alpha value is -1.02. The van der Waals surface area contributed by atoms with Crippen LogP contribution in [0.1, 0.15) is 31.9 Å². The molecule has 0 aliphatic carbocycles. The molecule has 1 aromatic carbocycles. The van der Waals surface area contributed by atoms with E-state index in [0.717, 1.165) is 0 Å². The molecule has 2 atom stereocenters. The van der Waals surface area contributed by atoms with Crippen molar-refractivity contribution in [3.05, 3.63) is 35.9 Å². The smallest absolute Gasteiger partial charge is 0.241 e. The van der Waals surface area contributed by atoms with Gasteiger partial charge in [0, 0.05) is 6.04 Å². The molecule has 1 heterocycles. The number of nitrogens with zero attached hydrogens (tertiary/aromatic N) is 1. The molecular weight excluding hydrogens is 222 g/mol. The molecular formula is C13H16ClNO. The van der Waals surface area contributed by atoms with E-state index in [1.165, 1.54) is 5.56 Å². The van der Waals surface area contributed by atoms with Crippen molar-refractivity contribution in [2.45, 2.75) is 37.7 Å². The molecule has 3 heteroatoms. The molecule has 1 fully saturated rings. The van der Waals surface area contributed by atoms with E-state index in [2.05, 4.69) is 12.1 Å². The molecule has 0 aromatic heterocycles. The van der Waals surface area contributed by atoms with Crippen LogP contribution in [0.25, 0.3) is 0 Å². The summed E-state index contributed by atoms with van der Waals surface area (Å²) in [6.07, 6.45) is 0.711. The van der Waals surface area contributed by atoms with E-state index in [0.29, 0.717) is 6.42 Å². The van der Waals surface area contributed by atoms with Crippen molar-refractivity contribution in [2.75, 3.05) is 0 Å². The molecule has 0 unspecified atom stereocenters.